The number of hydrogen-bond donors (Lipinski definition) is 1. The highest BCUT2D eigenvalue weighted by molar-refractivity contribution is 7.92. The van der Waals surface area contributed by atoms with Crippen LogP contribution in [0.5, 0.6) is 5.75 Å². The lowest BCUT2D eigenvalue weighted by atomic mass is 10.3. The van der Waals surface area contributed by atoms with Gasteiger partial charge in [-0.3, -0.25) is 9.10 Å². The van der Waals surface area contributed by atoms with Crippen molar-refractivity contribution in [3.8, 4) is 5.75 Å². The van der Waals surface area contributed by atoms with E-state index in [0.717, 1.165) is 4.31 Å². The fraction of sp³-hybridized carbons (Fsp3) is 0.350. The second-order valence-electron chi connectivity index (χ2n) is 5.95. The zero-order chi connectivity index (χ0) is 20.4. The molecule has 0 bridgehead atoms. The fourth-order valence-corrected chi connectivity index (χ4v) is 3.98. The molecule has 28 heavy (non-hydrogen) atoms. The average molecular weight is 407 g/mol. The summed E-state index contributed by atoms with van der Waals surface area (Å²) >= 11 is 0. The van der Waals surface area contributed by atoms with Gasteiger partial charge in [-0.2, -0.15) is 0 Å². The second kappa shape index (κ2) is 10.7. The van der Waals surface area contributed by atoms with Crippen LogP contribution in [0.25, 0.3) is 0 Å². The van der Waals surface area contributed by atoms with Crippen molar-refractivity contribution in [3.05, 3.63) is 54.6 Å². The summed E-state index contributed by atoms with van der Waals surface area (Å²) < 4.78 is 37.8. The lowest BCUT2D eigenvalue weighted by Gasteiger charge is -2.24. The van der Waals surface area contributed by atoms with E-state index in [1.807, 2.05) is 6.92 Å². The van der Waals surface area contributed by atoms with Crippen molar-refractivity contribution >= 4 is 21.6 Å². The van der Waals surface area contributed by atoms with Gasteiger partial charge < -0.3 is 14.8 Å². The molecule has 2 aromatic rings. The van der Waals surface area contributed by atoms with Crippen molar-refractivity contribution in [3.63, 3.8) is 0 Å². The predicted octanol–water partition coefficient (Wildman–Crippen LogP) is 2.43. The van der Waals surface area contributed by atoms with Crippen LogP contribution in [0.4, 0.5) is 5.69 Å². The number of sulfonamides is 1. The summed E-state index contributed by atoms with van der Waals surface area (Å²) in [6.45, 7) is 2.99. The first kappa shape index (κ1) is 21.7. The number of nitrogens with one attached hydrogen (secondary N) is 1. The number of hydrogen-bond acceptors (Lipinski definition) is 5. The Bertz CT molecular complexity index is 839. The van der Waals surface area contributed by atoms with Crippen LogP contribution in [0.3, 0.4) is 0 Å². The molecule has 0 aliphatic carbocycles. The molecule has 0 radical (unpaired) electrons. The van der Waals surface area contributed by atoms with Crippen LogP contribution in [0.2, 0.25) is 0 Å². The van der Waals surface area contributed by atoms with Crippen LogP contribution in [0, 0.1) is 0 Å². The molecule has 0 atom stereocenters. The van der Waals surface area contributed by atoms with Crippen molar-refractivity contribution < 1.29 is 22.7 Å². The van der Waals surface area contributed by atoms with Gasteiger partial charge in [-0.25, -0.2) is 8.42 Å². The minimum absolute atomic E-state index is 0.121. The van der Waals surface area contributed by atoms with Gasteiger partial charge in [0.05, 0.1) is 17.2 Å². The van der Waals surface area contributed by atoms with Crippen molar-refractivity contribution in [2.24, 2.45) is 0 Å². The number of benzene rings is 2. The minimum atomic E-state index is -3.90. The van der Waals surface area contributed by atoms with E-state index in [1.54, 1.807) is 49.6 Å². The molecule has 2 aromatic carbocycles. The van der Waals surface area contributed by atoms with Crippen LogP contribution < -0.4 is 14.4 Å². The highest BCUT2D eigenvalue weighted by Gasteiger charge is 2.27. The third-order valence-electron chi connectivity index (χ3n) is 3.90. The highest BCUT2D eigenvalue weighted by Crippen LogP contribution is 2.25. The Morgan fingerprint density at radius 3 is 2.36 bits per heavy atom. The molecule has 0 aliphatic rings. The van der Waals surface area contributed by atoms with E-state index in [0.29, 0.717) is 37.6 Å². The van der Waals surface area contributed by atoms with Gasteiger partial charge in [-0.15, -0.1) is 0 Å². The minimum Gasteiger partial charge on any atom is -0.494 e. The smallest absolute Gasteiger partial charge is 0.264 e. The number of methoxy groups -OCH3 is 1. The van der Waals surface area contributed by atoms with E-state index in [2.05, 4.69) is 5.32 Å². The largest absolute Gasteiger partial charge is 0.494 e. The van der Waals surface area contributed by atoms with E-state index < -0.39 is 10.0 Å². The maximum absolute atomic E-state index is 13.1. The first-order valence-electron chi connectivity index (χ1n) is 9.05. The Balaban J connectivity index is 2.26. The Morgan fingerprint density at radius 2 is 1.75 bits per heavy atom. The summed E-state index contributed by atoms with van der Waals surface area (Å²) in [4.78, 5) is 12.5. The average Bonchev–Trinajstić information content (AvgIpc) is 2.71. The Hall–Kier alpha value is -2.58. The third kappa shape index (κ3) is 5.97. The van der Waals surface area contributed by atoms with Crippen molar-refractivity contribution in [1.82, 2.24) is 5.32 Å². The molecule has 0 fully saturated rings. The molecule has 7 nitrogen and oxygen atoms in total. The van der Waals surface area contributed by atoms with Crippen LogP contribution in [-0.4, -0.2) is 47.7 Å². The molecule has 1 amide bonds. The van der Waals surface area contributed by atoms with E-state index in [9.17, 15) is 13.2 Å². The van der Waals surface area contributed by atoms with Gasteiger partial charge in [0.15, 0.2) is 0 Å². The van der Waals surface area contributed by atoms with Crippen LogP contribution in [0.15, 0.2) is 59.5 Å². The maximum atomic E-state index is 13.1. The summed E-state index contributed by atoms with van der Waals surface area (Å²) in [6.07, 6.45) is 0.650. The molecule has 2 rings (SSSR count). The predicted molar refractivity (Wildman–Crippen MR) is 108 cm³/mol. The number of amides is 1. The van der Waals surface area contributed by atoms with Crippen LogP contribution in [0.1, 0.15) is 13.3 Å². The monoisotopic (exact) mass is 406 g/mol. The normalized spacial score (nSPS) is 11.1. The molecule has 0 unspecified atom stereocenters. The molecular formula is C20H26N2O5S. The standard InChI is InChI=1S/C20H26N2O5S/c1-3-27-18-12-10-17(11-13-18)22(16-20(23)21-14-7-15-26-2)28(24,25)19-8-5-4-6-9-19/h4-6,8-13H,3,7,14-16H2,1-2H3,(H,21,23). The van der Waals surface area contributed by atoms with Gasteiger partial charge >= 0.3 is 0 Å². The first-order chi connectivity index (χ1) is 13.5. The van der Waals surface area contributed by atoms with Gasteiger partial charge in [0.1, 0.15) is 12.3 Å². The number of rotatable bonds is 11. The number of carbonyl (C=O) groups excluding carboxylic acids is 1. The fourth-order valence-electron chi connectivity index (χ4n) is 2.54. The highest BCUT2D eigenvalue weighted by atomic mass is 32.2. The molecule has 0 spiro atoms. The number of anilines is 1. The van der Waals surface area contributed by atoms with Crippen molar-refractivity contribution in [2.45, 2.75) is 18.2 Å². The lowest BCUT2D eigenvalue weighted by Crippen LogP contribution is -2.41. The maximum Gasteiger partial charge on any atom is 0.264 e. The van der Waals surface area contributed by atoms with Crippen molar-refractivity contribution in [1.29, 1.82) is 0 Å². The van der Waals surface area contributed by atoms with E-state index in [1.165, 1.54) is 12.1 Å². The number of ether oxygens (including phenoxy) is 2. The molecule has 0 saturated heterocycles. The molecule has 8 heteroatoms. The van der Waals surface area contributed by atoms with Crippen molar-refractivity contribution in [2.75, 3.05) is 37.7 Å². The van der Waals surface area contributed by atoms with Gasteiger partial charge in [0, 0.05) is 20.3 Å². The van der Waals surface area contributed by atoms with Crippen LogP contribution in [-0.2, 0) is 19.6 Å². The number of nitrogens with zero attached hydrogens (tertiary/aromatic N) is 1. The molecule has 152 valence electrons. The Labute approximate surface area is 166 Å². The third-order valence-corrected chi connectivity index (χ3v) is 5.69. The van der Waals surface area contributed by atoms with E-state index in [-0.39, 0.29) is 17.3 Å². The topological polar surface area (TPSA) is 84.9 Å². The lowest BCUT2D eigenvalue weighted by molar-refractivity contribution is -0.119. The van der Waals surface area contributed by atoms with Gasteiger partial charge in [0.2, 0.25) is 5.91 Å². The van der Waals surface area contributed by atoms with E-state index >= 15 is 0 Å². The van der Waals surface area contributed by atoms with Gasteiger partial charge in [-0.1, -0.05) is 18.2 Å². The zero-order valence-corrected chi connectivity index (χ0v) is 16.9. The number of carbonyl (C=O) groups is 1. The Kier molecular flexibility index (Phi) is 8.28. The summed E-state index contributed by atoms with van der Waals surface area (Å²) in [6, 6.07) is 14.7. The summed E-state index contributed by atoms with van der Waals surface area (Å²) in [5, 5.41) is 2.72. The first-order valence-corrected chi connectivity index (χ1v) is 10.5. The summed E-state index contributed by atoms with van der Waals surface area (Å²) in [5.74, 6) is 0.247. The van der Waals surface area contributed by atoms with Gasteiger partial charge in [0.25, 0.3) is 10.0 Å². The zero-order valence-electron chi connectivity index (χ0n) is 16.1. The summed E-state index contributed by atoms with van der Waals surface area (Å²) in [7, 11) is -2.32. The molecule has 0 aliphatic heterocycles. The molecule has 1 N–H and O–H groups in total. The summed E-state index contributed by atoms with van der Waals surface area (Å²) in [5.41, 5.74) is 0.388. The quantitative estimate of drug-likeness (QED) is 0.580. The molecular weight excluding hydrogens is 380 g/mol. The van der Waals surface area contributed by atoms with E-state index in [4.69, 9.17) is 9.47 Å². The van der Waals surface area contributed by atoms with Crippen LogP contribution >= 0.6 is 0 Å². The molecule has 0 aromatic heterocycles. The molecule has 0 saturated carbocycles. The SMILES string of the molecule is CCOc1ccc(N(CC(=O)NCCCOC)S(=O)(=O)c2ccccc2)cc1. The Morgan fingerprint density at radius 1 is 1.07 bits per heavy atom. The second-order valence-corrected chi connectivity index (χ2v) is 7.81. The molecule has 0 heterocycles. The van der Waals surface area contributed by atoms with Gasteiger partial charge in [-0.05, 0) is 49.7 Å².